The van der Waals surface area contributed by atoms with Crippen molar-refractivity contribution in [2.24, 2.45) is 5.92 Å². The Morgan fingerprint density at radius 2 is 1.90 bits per heavy atom. The summed E-state index contributed by atoms with van der Waals surface area (Å²) >= 11 is 0. The van der Waals surface area contributed by atoms with E-state index in [4.69, 9.17) is 9.47 Å². The van der Waals surface area contributed by atoms with Gasteiger partial charge in [0, 0.05) is 13.1 Å². The van der Waals surface area contributed by atoms with Crippen molar-refractivity contribution in [1.29, 1.82) is 0 Å². The number of piperidine rings is 1. The highest BCUT2D eigenvalue weighted by Crippen LogP contribution is 2.22. The summed E-state index contributed by atoms with van der Waals surface area (Å²) in [6, 6.07) is 18.8. The Hall–Kier alpha value is -2.43. The zero-order valence-corrected chi connectivity index (χ0v) is 18.2. The Labute approximate surface area is 180 Å². The number of hydrogen-bond acceptors (Lipinski definition) is 4. The van der Waals surface area contributed by atoms with Crippen LogP contribution in [0.3, 0.4) is 0 Å². The molecule has 1 fully saturated rings. The minimum absolute atomic E-state index is 0.000735. The molecule has 1 unspecified atom stereocenters. The Morgan fingerprint density at radius 1 is 1.13 bits per heavy atom. The quantitative estimate of drug-likeness (QED) is 0.339. The number of hydrogen-bond donors (Lipinski definition) is 0. The molecule has 0 bridgehead atoms. The Kier molecular flexibility index (Phi) is 8.66. The summed E-state index contributed by atoms with van der Waals surface area (Å²) in [5.74, 6) is -0.0602. The number of aryl methyl sites for hydroxylation is 1. The molecule has 3 rings (SSSR count). The summed E-state index contributed by atoms with van der Waals surface area (Å²) in [6.45, 7) is 8.29. The number of carbonyl (C=O) groups is 1. The molecule has 0 aromatic heterocycles. The molecule has 0 amide bonds. The van der Waals surface area contributed by atoms with Crippen LogP contribution in [-0.2, 0) is 14.3 Å². The second kappa shape index (κ2) is 11.7. The van der Waals surface area contributed by atoms with Crippen molar-refractivity contribution in [3.8, 4) is 0 Å². The van der Waals surface area contributed by atoms with E-state index in [0.29, 0.717) is 19.8 Å². The van der Waals surface area contributed by atoms with E-state index in [1.807, 2.05) is 13.0 Å². The van der Waals surface area contributed by atoms with Crippen LogP contribution >= 0.6 is 0 Å². The van der Waals surface area contributed by atoms with Crippen LogP contribution in [0.1, 0.15) is 36.5 Å². The van der Waals surface area contributed by atoms with Gasteiger partial charge in [0.2, 0.25) is 0 Å². The first kappa shape index (κ1) is 22.3. The van der Waals surface area contributed by atoms with Crippen molar-refractivity contribution in [1.82, 2.24) is 4.90 Å². The molecular formula is C26H33NO3. The molecule has 0 spiro atoms. The van der Waals surface area contributed by atoms with Gasteiger partial charge < -0.3 is 14.4 Å². The second-order valence-corrected chi connectivity index (χ2v) is 7.84. The van der Waals surface area contributed by atoms with Crippen molar-refractivity contribution in [3.63, 3.8) is 0 Å². The highest BCUT2D eigenvalue weighted by molar-refractivity contribution is 5.83. The molecule has 0 aliphatic carbocycles. The maximum Gasteiger partial charge on any atom is 0.310 e. The maximum atomic E-state index is 12.0. The van der Waals surface area contributed by atoms with E-state index in [-0.39, 0.29) is 11.9 Å². The van der Waals surface area contributed by atoms with Crippen molar-refractivity contribution in [2.75, 3.05) is 39.5 Å². The molecule has 4 nitrogen and oxygen atoms in total. The summed E-state index contributed by atoms with van der Waals surface area (Å²) in [7, 11) is 0. The first-order valence-electron chi connectivity index (χ1n) is 11.0. The van der Waals surface area contributed by atoms with Gasteiger partial charge in [-0.25, -0.2) is 0 Å². The van der Waals surface area contributed by atoms with E-state index >= 15 is 0 Å². The minimum Gasteiger partial charge on any atom is -0.466 e. The topological polar surface area (TPSA) is 38.8 Å². The lowest BCUT2D eigenvalue weighted by Gasteiger charge is -2.31. The van der Waals surface area contributed by atoms with E-state index in [1.54, 1.807) is 0 Å². The molecule has 1 aliphatic heterocycles. The third-order valence-electron chi connectivity index (χ3n) is 5.57. The molecule has 30 heavy (non-hydrogen) atoms. The average Bonchev–Trinajstić information content (AvgIpc) is 2.77. The fourth-order valence-electron chi connectivity index (χ4n) is 3.97. The second-order valence-electron chi connectivity index (χ2n) is 7.84. The zero-order chi connectivity index (χ0) is 21.2. The van der Waals surface area contributed by atoms with Crippen LogP contribution in [0.2, 0.25) is 0 Å². The van der Waals surface area contributed by atoms with Crippen LogP contribution in [0, 0.1) is 12.8 Å². The first-order chi connectivity index (χ1) is 14.7. The predicted molar refractivity (Wildman–Crippen MR) is 122 cm³/mol. The average molecular weight is 408 g/mol. The number of nitrogens with zero attached hydrogens (tertiary/aromatic N) is 1. The highest BCUT2D eigenvalue weighted by Gasteiger charge is 2.26. The number of rotatable bonds is 9. The Bertz CT molecular complexity index is 831. The fraction of sp³-hybridized carbons (Fsp3) is 0.423. The highest BCUT2D eigenvalue weighted by atomic mass is 16.5. The van der Waals surface area contributed by atoms with Crippen LogP contribution in [0.4, 0.5) is 0 Å². The molecule has 0 radical (unpaired) electrons. The van der Waals surface area contributed by atoms with E-state index in [0.717, 1.165) is 32.5 Å². The van der Waals surface area contributed by atoms with Gasteiger partial charge in [-0.1, -0.05) is 54.6 Å². The maximum absolute atomic E-state index is 12.0. The van der Waals surface area contributed by atoms with Crippen LogP contribution in [0.15, 0.2) is 54.6 Å². The van der Waals surface area contributed by atoms with E-state index < -0.39 is 0 Å². The van der Waals surface area contributed by atoms with Crippen molar-refractivity contribution >= 4 is 17.6 Å². The van der Waals surface area contributed by atoms with Gasteiger partial charge in [0.25, 0.3) is 0 Å². The van der Waals surface area contributed by atoms with E-state index in [1.165, 1.54) is 22.3 Å². The molecule has 0 N–H and O–H groups in total. The monoisotopic (exact) mass is 407 g/mol. The third kappa shape index (κ3) is 6.54. The van der Waals surface area contributed by atoms with Gasteiger partial charge in [0.1, 0.15) is 0 Å². The summed E-state index contributed by atoms with van der Waals surface area (Å²) in [5, 5.41) is 0. The van der Waals surface area contributed by atoms with Gasteiger partial charge in [-0.15, -0.1) is 0 Å². The number of benzene rings is 2. The molecule has 1 atom stereocenters. The minimum atomic E-state index is -0.0595. The SMILES string of the molecule is CCOC(=O)C1CCCN(CCOC/C(=C/c2ccccc2)c2ccccc2C)C1. The van der Waals surface area contributed by atoms with Gasteiger partial charge in [-0.3, -0.25) is 4.79 Å². The smallest absolute Gasteiger partial charge is 0.310 e. The molecule has 1 saturated heterocycles. The van der Waals surface area contributed by atoms with Gasteiger partial charge >= 0.3 is 5.97 Å². The third-order valence-corrected chi connectivity index (χ3v) is 5.57. The Balaban J connectivity index is 1.57. The normalized spacial score (nSPS) is 17.7. The number of carbonyl (C=O) groups excluding carboxylic acids is 1. The zero-order valence-electron chi connectivity index (χ0n) is 18.2. The lowest BCUT2D eigenvalue weighted by atomic mass is 9.98. The number of esters is 1. The molecule has 2 aromatic carbocycles. The standard InChI is InChI=1S/C26H33NO3/c1-3-30-26(28)23-13-9-15-27(19-23)16-17-29-20-24(18-22-11-5-4-6-12-22)25-14-8-7-10-21(25)2/h4-8,10-12,14,18,23H,3,9,13,15-17,19-20H2,1-2H3/b24-18-. The van der Waals surface area contributed by atoms with Crippen LogP contribution in [-0.4, -0.2) is 50.3 Å². The van der Waals surface area contributed by atoms with Gasteiger partial charge in [-0.05, 0) is 61.6 Å². The summed E-state index contributed by atoms with van der Waals surface area (Å²) < 4.78 is 11.3. The first-order valence-corrected chi connectivity index (χ1v) is 11.0. The molecular weight excluding hydrogens is 374 g/mol. The van der Waals surface area contributed by atoms with Crippen LogP contribution < -0.4 is 0 Å². The van der Waals surface area contributed by atoms with Gasteiger partial charge in [0.15, 0.2) is 0 Å². The van der Waals surface area contributed by atoms with Gasteiger partial charge in [-0.2, -0.15) is 0 Å². The van der Waals surface area contributed by atoms with Gasteiger partial charge in [0.05, 0.1) is 25.7 Å². The molecule has 0 saturated carbocycles. The van der Waals surface area contributed by atoms with Crippen LogP contribution in [0.5, 0.6) is 0 Å². The van der Waals surface area contributed by atoms with E-state index in [9.17, 15) is 4.79 Å². The molecule has 2 aromatic rings. The largest absolute Gasteiger partial charge is 0.466 e. The fourth-order valence-corrected chi connectivity index (χ4v) is 3.97. The Morgan fingerprint density at radius 3 is 2.67 bits per heavy atom. The molecule has 1 aliphatic rings. The van der Waals surface area contributed by atoms with Crippen LogP contribution in [0.25, 0.3) is 11.6 Å². The number of ether oxygens (including phenoxy) is 2. The lowest BCUT2D eigenvalue weighted by Crippen LogP contribution is -2.40. The van der Waals surface area contributed by atoms with E-state index in [2.05, 4.69) is 66.4 Å². The molecule has 160 valence electrons. The summed E-state index contributed by atoms with van der Waals surface area (Å²) in [4.78, 5) is 14.4. The summed E-state index contributed by atoms with van der Waals surface area (Å²) in [6.07, 6.45) is 4.17. The lowest BCUT2D eigenvalue weighted by molar-refractivity contribution is -0.150. The summed E-state index contributed by atoms with van der Waals surface area (Å²) in [5.41, 5.74) is 4.83. The number of likely N-dealkylation sites (tertiary alicyclic amines) is 1. The van der Waals surface area contributed by atoms with Crippen molar-refractivity contribution < 1.29 is 14.3 Å². The predicted octanol–water partition coefficient (Wildman–Crippen LogP) is 4.83. The molecule has 1 heterocycles. The molecule has 4 heteroatoms. The van der Waals surface area contributed by atoms with Crippen molar-refractivity contribution in [3.05, 3.63) is 71.3 Å². The van der Waals surface area contributed by atoms with Crippen molar-refractivity contribution in [2.45, 2.75) is 26.7 Å².